The van der Waals surface area contributed by atoms with Crippen LogP contribution in [-0.4, -0.2) is 38.8 Å². The van der Waals surface area contributed by atoms with Crippen LogP contribution in [0.15, 0.2) is 40.0 Å². The number of amides is 1. The Balaban J connectivity index is 1.90. The molecule has 25 heavy (non-hydrogen) atoms. The van der Waals surface area contributed by atoms with Gasteiger partial charge in [-0.25, -0.2) is 0 Å². The summed E-state index contributed by atoms with van der Waals surface area (Å²) in [5.74, 6) is 1.31. The molecule has 0 radical (unpaired) electrons. The molecule has 2 aromatic rings. The first-order valence-corrected chi connectivity index (χ1v) is 9.68. The molecular weight excluding hydrogens is 334 g/mol. The van der Waals surface area contributed by atoms with Gasteiger partial charge in [0.1, 0.15) is 0 Å². The largest absolute Gasteiger partial charge is 0.416 e. The van der Waals surface area contributed by atoms with Crippen LogP contribution in [0, 0.1) is 0 Å². The van der Waals surface area contributed by atoms with Crippen molar-refractivity contribution in [2.45, 2.75) is 64.3 Å². The van der Waals surface area contributed by atoms with Crippen molar-refractivity contribution in [1.82, 2.24) is 15.1 Å². The zero-order chi connectivity index (χ0) is 18.4. The number of nitrogens with zero attached hydrogens (tertiary/aromatic N) is 3. The van der Waals surface area contributed by atoms with E-state index in [2.05, 4.69) is 29.3 Å². The lowest BCUT2D eigenvalue weighted by Crippen LogP contribution is -2.43. The average molecular weight is 362 g/mol. The van der Waals surface area contributed by atoms with Gasteiger partial charge in [-0.2, -0.15) is 0 Å². The van der Waals surface area contributed by atoms with E-state index >= 15 is 0 Å². The minimum absolute atomic E-state index is 0.0902. The minimum Gasteiger partial charge on any atom is -0.416 e. The Kier molecular flexibility index (Phi) is 7.05. The van der Waals surface area contributed by atoms with Crippen molar-refractivity contribution in [2.75, 3.05) is 5.75 Å². The quantitative estimate of drug-likeness (QED) is 0.661. The van der Waals surface area contributed by atoms with Crippen LogP contribution < -0.4 is 0 Å². The van der Waals surface area contributed by atoms with Crippen LogP contribution in [0.3, 0.4) is 0 Å². The lowest BCUT2D eigenvalue weighted by Gasteiger charge is -2.30. The minimum atomic E-state index is 0.0902. The molecule has 0 aliphatic carbocycles. The molecule has 1 atom stereocenters. The van der Waals surface area contributed by atoms with Gasteiger partial charge in [-0.1, -0.05) is 49.0 Å². The highest BCUT2D eigenvalue weighted by molar-refractivity contribution is 7.99. The zero-order valence-electron chi connectivity index (χ0n) is 15.6. The topological polar surface area (TPSA) is 59.2 Å². The summed E-state index contributed by atoms with van der Waals surface area (Å²) in [5.41, 5.74) is 1.24. The van der Waals surface area contributed by atoms with Crippen molar-refractivity contribution in [2.24, 2.45) is 0 Å². The molecule has 1 unspecified atom stereocenters. The molecule has 1 amide bonds. The van der Waals surface area contributed by atoms with Gasteiger partial charge in [-0.05, 0) is 39.2 Å². The van der Waals surface area contributed by atoms with Gasteiger partial charge in [-0.3, -0.25) is 4.79 Å². The highest BCUT2D eigenvalue weighted by Crippen LogP contribution is 2.23. The summed E-state index contributed by atoms with van der Waals surface area (Å²) in [5, 5.41) is 8.63. The maximum Gasteiger partial charge on any atom is 0.277 e. The number of benzene rings is 1. The summed E-state index contributed by atoms with van der Waals surface area (Å²) in [7, 11) is 0. The van der Waals surface area contributed by atoms with E-state index in [1.807, 2.05) is 50.8 Å². The Morgan fingerprint density at radius 3 is 2.32 bits per heavy atom. The highest BCUT2D eigenvalue weighted by atomic mass is 32.2. The van der Waals surface area contributed by atoms with Crippen molar-refractivity contribution >= 4 is 17.7 Å². The maximum atomic E-state index is 12.4. The van der Waals surface area contributed by atoms with Gasteiger partial charge in [0, 0.05) is 18.5 Å². The Bertz CT molecular complexity index is 662. The summed E-state index contributed by atoms with van der Waals surface area (Å²) in [4.78, 5) is 14.3. The second kappa shape index (κ2) is 9.04. The number of carbonyl (C=O) groups excluding carboxylic acids is 1. The lowest BCUT2D eigenvalue weighted by molar-refractivity contribution is -0.131. The molecular formula is C19H27N3O2S. The Morgan fingerprint density at radius 2 is 1.72 bits per heavy atom. The van der Waals surface area contributed by atoms with E-state index < -0.39 is 0 Å². The smallest absolute Gasteiger partial charge is 0.277 e. The zero-order valence-corrected chi connectivity index (χ0v) is 16.4. The highest BCUT2D eigenvalue weighted by Gasteiger charge is 2.21. The standard InChI is InChI=1S/C19H27N3O2S/c1-13(2)22(14(3)4)18(23)12-25-19-21-20-17(24-19)11-15(5)16-9-7-6-8-10-16/h6-10,13-15H,11-12H2,1-5H3. The van der Waals surface area contributed by atoms with Crippen molar-refractivity contribution in [3.63, 3.8) is 0 Å². The number of aromatic nitrogens is 2. The Labute approximate surface area is 154 Å². The van der Waals surface area contributed by atoms with Crippen LogP contribution in [0.2, 0.25) is 0 Å². The van der Waals surface area contributed by atoms with E-state index in [9.17, 15) is 4.79 Å². The van der Waals surface area contributed by atoms with Gasteiger partial charge in [0.15, 0.2) is 0 Å². The molecule has 0 aliphatic rings. The fourth-order valence-corrected chi connectivity index (χ4v) is 3.56. The SMILES string of the molecule is CC(Cc1nnc(SCC(=O)N(C(C)C)C(C)C)o1)c1ccccc1. The third-order valence-electron chi connectivity index (χ3n) is 4.02. The lowest BCUT2D eigenvalue weighted by atomic mass is 9.98. The van der Waals surface area contributed by atoms with Crippen molar-refractivity contribution in [3.8, 4) is 0 Å². The summed E-state index contributed by atoms with van der Waals surface area (Å²) in [6.45, 7) is 10.2. The summed E-state index contributed by atoms with van der Waals surface area (Å²) in [6.07, 6.45) is 0.690. The normalized spacial score (nSPS) is 12.6. The van der Waals surface area contributed by atoms with Crippen LogP contribution in [0.4, 0.5) is 0 Å². The fraction of sp³-hybridized carbons (Fsp3) is 0.526. The number of hydrogen-bond acceptors (Lipinski definition) is 5. The van der Waals surface area contributed by atoms with E-state index in [1.165, 1.54) is 17.3 Å². The molecule has 1 aromatic heterocycles. The number of rotatable bonds is 8. The molecule has 1 aromatic carbocycles. The van der Waals surface area contributed by atoms with Gasteiger partial charge < -0.3 is 9.32 Å². The van der Waals surface area contributed by atoms with E-state index in [0.717, 1.165) is 0 Å². The van der Waals surface area contributed by atoms with E-state index in [-0.39, 0.29) is 18.0 Å². The molecule has 0 N–H and O–H groups in total. The summed E-state index contributed by atoms with van der Waals surface area (Å²) >= 11 is 1.30. The third-order valence-corrected chi connectivity index (χ3v) is 4.82. The predicted octanol–water partition coefficient (Wildman–Crippen LogP) is 4.15. The van der Waals surface area contributed by atoms with Gasteiger partial charge >= 0.3 is 0 Å². The number of carbonyl (C=O) groups is 1. The first-order valence-electron chi connectivity index (χ1n) is 8.69. The van der Waals surface area contributed by atoms with Gasteiger partial charge in [-0.15, -0.1) is 10.2 Å². The monoisotopic (exact) mass is 361 g/mol. The van der Waals surface area contributed by atoms with Gasteiger partial charge in [0.05, 0.1) is 5.75 Å². The first kappa shape index (κ1) is 19.5. The van der Waals surface area contributed by atoms with E-state index in [4.69, 9.17) is 4.42 Å². The second-order valence-corrected chi connectivity index (χ2v) is 7.68. The van der Waals surface area contributed by atoms with Crippen LogP contribution >= 0.6 is 11.8 Å². The first-order chi connectivity index (χ1) is 11.9. The predicted molar refractivity (Wildman–Crippen MR) is 101 cm³/mol. The summed E-state index contributed by atoms with van der Waals surface area (Å²) in [6, 6.07) is 10.6. The Morgan fingerprint density at radius 1 is 1.08 bits per heavy atom. The van der Waals surface area contributed by atoms with Gasteiger partial charge in [0.2, 0.25) is 11.8 Å². The second-order valence-electron chi connectivity index (χ2n) is 6.75. The van der Waals surface area contributed by atoms with Crippen molar-refractivity contribution in [1.29, 1.82) is 0 Å². The molecule has 0 bridgehead atoms. The average Bonchev–Trinajstić information content (AvgIpc) is 3.00. The molecule has 1 heterocycles. The van der Waals surface area contributed by atoms with Crippen LogP contribution in [-0.2, 0) is 11.2 Å². The third kappa shape index (κ3) is 5.59. The van der Waals surface area contributed by atoms with Crippen LogP contribution in [0.25, 0.3) is 0 Å². The molecule has 0 aliphatic heterocycles. The van der Waals surface area contributed by atoms with Crippen molar-refractivity contribution in [3.05, 3.63) is 41.8 Å². The fourth-order valence-electron chi connectivity index (χ4n) is 2.91. The van der Waals surface area contributed by atoms with Crippen molar-refractivity contribution < 1.29 is 9.21 Å². The van der Waals surface area contributed by atoms with Crippen LogP contribution in [0.1, 0.15) is 52.0 Å². The molecule has 136 valence electrons. The molecule has 0 saturated heterocycles. The molecule has 0 saturated carbocycles. The number of hydrogen-bond donors (Lipinski definition) is 0. The molecule has 0 spiro atoms. The molecule has 6 heteroatoms. The molecule has 2 rings (SSSR count). The van der Waals surface area contributed by atoms with Gasteiger partial charge in [0.25, 0.3) is 5.22 Å². The van der Waals surface area contributed by atoms with E-state index in [1.54, 1.807) is 0 Å². The van der Waals surface area contributed by atoms with E-state index in [0.29, 0.717) is 29.2 Å². The molecule has 5 nitrogen and oxygen atoms in total. The maximum absolute atomic E-state index is 12.4. The Hall–Kier alpha value is -1.82. The summed E-state index contributed by atoms with van der Waals surface area (Å²) < 4.78 is 5.70. The molecule has 0 fully saturated rings. The number of thioether (sulfide) groups is 1. The van der Waals surface area contributed by atoms with Crippen LogP contribution in [0.5, 0.6) is 0 Å².